The van der Waals surface area contributed by atoms with Crippen molar-refractivity contribution >= 4 is 34.8 Å². The van der Waals surface area contributed by atoms with Gasteiger partial charge in [0.25, 0.3) is 0 Å². The number of benzene rings is 2. The van der Waals surface area contributed by atoms with Gasteiger partial charge in [-0.3, -0.25) is 0 Å². The summed E-state index contributed by atoms with van der Waals surface area (Å²) in [6, 6.07) is 14.2. The molecule has 0 unspecified atom stereocenters. The Morgan fingerprint density at radius 2 is 1.86 bits per heavy atom. The van der Waals surface area contributed by atoms with E-state index in [9.17, 15) is 12.8 Å². The zero-order chi connectivity index (χ0) is 20.6. The summed E-state index contributed by atoms with van der Waals surface area (Å²) in [5.74, 6) is 0.160. The van der Waals surface area contributed by atoms with Crippen molar-refractivity contribution in [3.05, 3.63) is 72.2 Å². The molecule has 0 aliphatic rings. The van der Waals surface area contributed by atoms with Gasteiger partial charge in [-0.1, -0.05) is 24.3 Å². The number of aromatic nitrogens is 3. The Hall–Kier alpha value is -3.24. The van der Waals surface area contributed by atoms with Crippen LogP contribution in [0.15, 0.2) is 65.7 Å². The number of nitrogens with zero attached hydrogens (tertiary/aromatic N) is 3. The Morgan fingerprint density at radius 1 is 1.14 bits per heavy atom. The number of fused-ring (bicyclic) bond motifs is 1. The van der Waals surface area contributed by atoms with Crippen LogP contribution in [0.3, 0.4) is 0 Å². The molecule has 0 spiro atoms. The van der Waals surface area contributed by atoms with Crippen LogP contribution in [0.5, 0.6) is 0 Å². The summed E-state index contributed by atoms with van der Waals surface area (Å²) >= 11 is 0. The third-order valence-electron chi connectivity index (χ3n) is 4.37. The smallest absolute Gasteiger partial charge is 0.238 e. The number of nitrogens with one attached hydrogen (secondary N) is 1. The average molecular weight is 407 g/mol. The summed E-state index contributed by atoms with van der Waals surface area (Å²) < 4.78 is 38.5. The van der Waals surface area contributed by atoms with E-state index in [0.29, 0.717) is 34.7 Å². The number of hydrogen-bond donors (Lipinski definition) is 2. The number of hydrogen-bond acceptors (Lipinski definition) is 5. The number of halogens is 1. The molecule has 0 aliphatic carbocycles. The fraction of sp³-hybridized carbons (Fsp3) is 0.0526. The topological polar surface area (TPSA) is 102 Å². The Bertz CT molecular complexity index is 1310. The van der Waals surface area contributed by atoms with Gasteiger partial charge in [0.1, 0.15) is 19.5 Å². The van der Waals surface area contributed by atoms with Crippen LogP contribution in [-0.4, -0.2) is 30.9 Å². The van der Waals surface area contributed by atoms with Crippen LogP contribution in [-0.2, 0) is 16.6 Å². The minimum atomic E-state index is -3.75. The minimum absolute atomic E-state index is 0.0363. The lowest BCUT2D eigenvalue weighted by Crippen LogP contribution is -2.12. The van der Waals surface area contributed by atoms with Gasteiger partial charge < -0.3 is 5.32 Å². The van der Waals surface area contributed by atoms with E-state index in [1.807, 2.05) is 0 Å². The second-order valence-electron chi connectivity index (χ2n) is 6.38. The molecule has 0 amide bonds. The highest BCUT2D eigenvalue weighted by molar-refractivity contribution is 7.89. The Labute approximate surface area is 167 Å². The van der Waals surface area contributed by atoms with Crippen LogP contribution in [0.2, 0.25) is 0 Å². The normalized spacial score (nSPS) is 11.7. The van der Waals surface area contributed by atoms with Crippen molar-refractivity contribution in [2.24, 2.45) is 5.14 Å². The summed E-state index contributed by atoms with van der Waals surface area (Å²) in [5, 5.41) is 12.5. The molecule has 2 radical (unpaired) electrons. The van der Waals surface area contributed by atoms with Gasteiger partial charge in [-0.15, -0.1) is 0 Å². The predicted octanol–water partition coefficient (Wildman–Crippen LogP) is 1.59. The largest absolute Gasteiger partial charge is 0.366 e. The van der Waals surface area contributed by atoms with Gasteiger partial charge in [0.05, 0.1) is 10.6 Å². The highest BCUT2D eigenvalue weighted by Gasteiger charge is 2.13. The summed E-state index contributed by atoms with van der Waals surface area (Å²) in [7, 11) is 2.21. The van der Waals surface area contributed by atoms with E-state index in [4.69, 9.17) is 13.0 Å². The van der Waals surface area contributed by atoms with Gasteiger partial charge in [-0.05, 0) is 35.3 Å². The molecule has 29 heavy (non-hydrogen) atoms. The zero-order valence-electron chi connectivity index (χ0n) is 15.1. The summed E-state index contributed by atoms with van der Waals surface area (Å²) in [5.41, 5.74) is 2.34. The molecule has 0 saturated carbocycles. The SMILES string of the molecule is [B]c1cnn2c(NCc3ccc(S(N)(=O)=O)cc3)cc(-c3ccccc3F)nc12. The van der Waals surface area contributed by atoms with Crippen LogP contribution in [0.1, 0.15) is 5.56 Å². The van der Waals surface area contributed by atoms with Crippen molar-refractivity contribution in [2.75, 3.05) is 5.32 Å². The molecular weight excluding hydrogens is 392 g/mol. The van der Waals surface area contributed by atoms with E-state index in [0.717, 1.165) is 5.56 Å². The second-order valence-corrected chi connectivity index (χ2v) is 7.95. The lowest BCUT2D eigenvalue weighted by atomic mass is 10.0. The van der Waals surface area contributed by atoms with Crippen LogP contribution in [0, 0.1) is 5.82 Å². The van der Waals surface area contributed by atoms with Gasteiger partial charge in [0.2, 0.25) is 10.0 Å². The second kappa shape index (κ2) is 7.30. The van der Waals surface area contributed by atoms with E-state index in [1.165, 1.54) is 28.9 Å². The number of anilines is 1. The van der Waals surface area contributed by atoms with E-state index in [2.05, 4.69) is 15.4 Å². The highest BCUT2D eigenvalue weighted by atomic mass is 32.2. The molecule has 0 saturated heterocycles. The van der Waals surface area contributed by atoms with Gasteiger partial charge in [0, 0.05) is 24.4 Å². The van der Waals surface area contributed by atoms with Crippen molar-refractivity contribution < 1.29 is 12.8 Å². The van der Waals surface area contributed by atoms with Gasteiger partial charge >= 0.3 is 0 Å². The first-order valence-electron chi connectivity index (χ1n) is 8.58. The number of primary sulfonamides is 1. The molecule has 7 nitrogen and oxygen atoms in total. The lowest BCUT2D eigenvalue weighted by Gasteiger charge is -2.12. The molecule has 2 heterocycles. The van der Waals surface area contributed by atoms with E-state index in [-0.39, 0.29) is 4.90 Å². The standard InChI is InChI=1S/C19H15BFN5O2S/c20-15-11-24-26-18(23-10-12-5-7-13(8-6-12)29(22,27)28)9-17(25-19(15)26)14-3-1-2-4-16(14)21/h1-9,11,23H,10H2,(H2,22,27,28). The third kappa shape index (κ3) is 3.85. The molecule has 144 valence electrons. The molecule has 2 aromatic heterocycles. The molecule has 10 heteroatoms. The molecule has 4 aromatic rings. The van der Waals surface area contributed by atoms with Crippen molar-refractivity contribution in [1.29, 1.82) is 0 Å². The molecule has 0 atom stereocenters. The fourth-order valence-electron chi connectivity index (χ4n) is 2.90. The molecule has 4 rings (SSSR count). The fourth-order valence-corrected chi connectivity index (χ4v) is 3.42. The first kappa shape index (κ1) is 19.1. The first-order chi connectivity index (χ1) is 13.8. The first-order valence-corrected chi connectivity index (χ1v) is 10.1. The van der Waals surface area contributed by atoms with Crippen LogP contribution in [0.4, 0.5) is 10.2 Å². The van der Waals surface area contributed by atoms with Crippen molar-refractivity contribution in [2.45, 2.75) is 11.4 Å². The van der Waals surface area contributed by atoms with Gasteiger partial charge in [-0.25, -0.2) is 22.9 Å². The molecule has 3 N–H and O–H groups in total. The predicted molar refractivity (Wildman–Crippen MR) is 109 cm³/mol. The Balaban J connectivity index is 1.69. The minimum Gasteiger partial charge on any atom is -0.366 e. The van der Waals surface area contributed by atoms with E-state index in [1.54, 1.807) is 36.4 Å². The molecular formula is C19H15BFN5O2S. The monoisotopic (exact) mass is 407 g/mol. The highest BCUT2D eigenvalue weighted by Crippen LogP contribution is 2.24. The number of rotatable bonds is 5. The maximum absolute atomic E-state index is 14.2. The van der Waals surface area contributed by atoms with Crippen molar-refractivity contribution in [3.8, 4) is 11.3 Å². The van der Waals surface area contributed by atoms with Gasteiger partial charge in [-0.2, -0.15) is 9.61 Å². The van der Waals surface area contributed by atoms with Gasteiger partial charge in [0.15, 0.2) is 5.65 Å². The average Bonchev–Trinajstić information content (AvgIpc) is 3.07. The molecule has 2 aromatic carbocycles. The van der Waals surface area contributed by atoms with Crippen molar-refractivity contribution in [3.63, 3.8) is 0 Å². The summed E-state index contributed by atoms with van der Waals surface area (Å²) in [6.45, 7) is 0.362. The van der Waals surface area contributed by atoms with Crippen LogP contribution < -0.4 is 15.9 Å². The maximum atomic E-state index is 14.2. The molecule has 0 bridgehead atoms. The third-order valence-corrected chi connectivity index (χ3v) is 5.30. The Kier molecular flexibility index (Phi) is 4.81. The Morgan fingerprint density at radius 3 is 2.55 bits per heavy atom. The molecule has 0 aliphatic heterocycles. The van der Waals surface area contributed by atoms with E-state index >= 15 is 0 Å². The quantitative estimate of drug-likeness (QED) is 0.490. The maximum Gasteiger partial charge on any atom is 0.238 e. The zero-order valence-corrected chi connectivity index (χ0v) is 15.9. The number of sulfonamides is 1. The lowest BCUT2D eigenvalue weighted by molar-refractivity contribution is 0.597. The van der Waals surface area contributed by atoms with Crippen LogP contribution >= 0.6 is 0 Å². The summed E-state index contributed by atoms with van der Waals surface area (Å²) in [6.07, 6.45) is 1.47. The van der Waals surface area contributed by atoms with E-state index < -0.39 is 15.8 Å². The molecule has 0 fully saturated rings. The summed E-state index contributed by atoms with van der Waals surface area (Å²) in [4.78, 5) is 4.47. The van der Waals surface area contributed by atoms with Crippen molar-refractivity contribution in [1.82, 2.24) is 14.6 Å². The number of nitrogens with two attached hydrogens (primary N) is 1. The van der Waals surface area contributed by atoms with Crippen LogP contribution in [0.25, 0.3) is 16.9 Å².